The van der Waals surface area contributed by atoms with Gasteiger partial charge in [0.15, 0.2) is 0 Å². The molecule has 0 aliphatic carbocycles. The van der Waals surface area contributed by atoms with Crippen molar-refractivity contribution in [2.75, 3.05) is 28.4 Å². The molecule has 0 spiro atoms. The Balaban J connectivity index is -0.0000000115. The van der Waals surface area contributed by atoms with Crippen LogP contribution >= 0.6 is 0 Å². The van der Waals surface area contributed by atoms with E-state index in [4.69, 9.17) is 73.7 Å². The normalized spacial score (nSPS) is 4.05. The zero-order chi connectivity index (χ0) is 29.3. The van der Waals surface area contributed by atoms with Gasteiger partial charge in [-0.25, -0.2) is 0 Å². The van der Waals surface area contributed by atoms with Gasteiger partial charge in [0, 0.05) is 144 Å². The van der Waals surface area contributed by atoms with E-state index in [0.717, 1.165) is 28.4 Å². The number of isocyanates is 4. The van der Waals surface area contributed by atoms with Crippen LogP contribution in [0.3, 0.4) is 0 Å². The Morgan fingerprint density at radius 1 is 0.525 bits per heavy atom. The van der Waals surface area contributed by atoms with Gasteiger partial charge < -0.3 is 68.7 Å². The summed E-state index contributed by atoms with van der Waals surface area (Å²) in [5.74, 6) is -0.583. The van der Waals surface area contributed by atoms with Crippen molar-refractivity contribution in [1.29, 1.82) is 0 Å². The molecule has 0 rings (SSSR count). The maximum absolute atomic E-state index is 9.26. The van der Waals surface area contributed by atoms with Crippen LogP contribution < -0.4 is 0 Å². The number of carbonyl (C=O) groups is 4. The molecule has 24 heteroatoms. The number of aliphatic hydroxyl groups is 1. The van der Waals surface area contributed by atoms with Crippen molar-refractivity contribution in [3.05, 3.63) is 44.6 Å². The van der Waals surface area contributed by atoms with Gasteiger partial charge in [0.1, 0.15) is 0 Å². The van der Waals surface area contributed by atoms with E-state index in [9.17, 15) is 14.4 Å². The smallest absolute Gasteiger partial charge is 0.226 e. The van der Waals surface area contributed by atoms with Crippen molar-refractivity contribution < 1.29 is 189 Å². The van der Waals surface area contributed by atoms with Crippen molar-refractivity contribution in [2.24, 2.45) is 0 Å². The number of amides is 4. The summed E-state index contributed by atoms with van der Waals surface area (Å²) in [6, 6.07) is 0. The van der Waals surface area contributed by atoms with Gasteiger partial charge >= 0.3 is 0 Å². The summed E-state index contributed by atoms with van der Waals surface area (Å²) >= 11 is 0. The number of methoxy groups -OCH3 is 3. The van der Waals surface area contributed by atoms with Gasteiger partial charge in [-0.3, -0.25) is 33.6 Å². The summed E-state index contributed by atoms with van der Waals surface area (Å²) in [7, 11) is 4.49. The summed E-state index contributed by atoms with van der Waals surface area (Å²) < 4.78 is 11.3. The average Bonchev–Trinajstić information content (AvgIpc) is 2.72. The molecule has 0 unspecified atom stereocenters. The maximum Gasteiger partial charge on any atom is 0.226 e. The van der Waals surface area contributed by atoms with Crippen molar-refractivity contribution in [3.8, 4) is 0 Å². The van der Waals surface area contributed by atoms with Gasteiger partial charge in [-0.2, -0.15) is 0 Å². The Morgan fingerprint density at radius 2 is 0.550 bits per heavy atom. The molecule has 4 radical (unpaired) electrons. The first-order valence-electron chi connectivity index (χ1n) is 6.31. The molecule has 0 fully saturated rings. The van der Waals surface area contributed by atoms with E-state index >= 15 is 0 Å². The maximum atomic E-state index is 9.26. The molecule has 40 heavy (non-hydrogen) atoms. The van der Waals surface area contributed by atoms with Gasteiger partial charge in [-0.15, -0.1) is 0 Å². The molecule has 0 bridgehead atoms. The largest absolute Gasteiger partial charge is 0.724 e. The van der Waals surface area contributed by atoms with Crippen LogP contribution in [-0.4, -0.2) is 82.1 Å². The Morgan fingerprint density at radius 3 is 0.550 bits per heavy atom. The molecule has 0 aromatic rings. The van der Waals surface area contributed by atoms with Crippen molar-refractivity contribution in [2.45, 2.75) is 29.2 Å². The van der Waals surface area contributed by atoms with E-state index in [1.54, 1.807) is 0 Å². The summed E-state index contributed by atoms with van der Waals surface area (Å²) in [6.07, 6.45) is -0.986. The Bertz CT molecular complexity index is 511. The van der Waals surface area contributed by atoms with Crippen molar-refractivity contribution in [3.63, 3.8) is 0 Å². The monoisotopic (exact) mass is 884 g/mol. The van der Waals surface area contributed by atoms with Crippen LogP contribution in [0.4, 0.5) is 14.4 Å². The van der Waals surface area contributed by atoms with E-state index < -0.39 is 24.2 Å². The molecule has 4 amide bonds. The van der Waals surface area contributed by atoms with Crippen LogP contribution in [0.5, 0.6) is 0 Å². The predicted octanol–water partition coefficient (Wildman–Crippen LogP) is 4.07. The van der Waals surface area contributed by atoms with E-state index in [0.29, 0.717) is 24.3 Å². The summed E-state index contributed by atoms with van der Waals surface area (Å²) in [5.41, 5.74) is 23.8. The third kappa shape index (κ3) is 1820. The Hall–Kier alpha value is -0.824. The van der Waals surface area contributed by atoms with Crippen LogP contribution in [0.15, 0.2) is 0 Å². The van der Waals surface area contributed by atoms with Crippen molar-refractivity contribution in [1.82, 2.24) is 0 Å². The molecular formula is C16H32N8O12Y4-8. The van der Waals surface area contributed by atoms with Gasteiger partial charge in [0.05, 0.1) is 21.3 Å². The molecular weight excluding hydrogens is 852 g/mol. The third-order valence-electron chi connectivity index (χ3n) is 0.556. The van der Waals surface area contributed by atoms with E-state index in [2.05, 4.69) is 14.2 Å². The van der Waals surface area contributed by atoms with E-state index in [1.807, 2.05) is 0 Å². The second-order valence-electron chi connectivity index (χ2n) is 2.40. The standard InChI is InChI=1S/3C2H5NO2.C2H5NO.4CNO.CH4O.3CH4.4Y/c3*1-5-2(3)4;1-2(3)4;4*2-1-3;1-2;;;;;;;/h3*1H3,(H2,3,4);1H3,(H2,3,4);;;;;2H,1H3;3*1H4;;;;/q;;;;4*-1;;;;;;;;/p-4. The molecule has 5 N–H and O–H groups in total. The Kier molecular flexibility index (Phi) is 424. The molecule has 0 atom stereocenters. The van der Waals surface area contributed by atoms with E-state index in [-0.39, 0.29) is 153 Å². The number of hydrogen-bond acceptors (Lipinski definition) is 12. The molecule has 0 aromatic heterocycles. The second-order valence-corrected chi connectivity index (χ2v) is 2.40. The topological polar surface area (TPSA) is 369 Å². The second kappa shape index (κ2) is 160. The minimum Gasteiger partial charge on any atom is -0.724 e. The molecule has 0 aliphatic rings. The molecule has 0 saturated carbocycles. The van der Waals surface area contributed by atoms with Gasteiger partial charge in [0.2, 0.25) is 18.3 Å². The minimum atomic E-state index is -0.995. The predicted molar refractivity (Wildman–Crippen MR) is 130 cm³/mol. The fourth-order valence-corrected chi connectivity index (χ4v) is 0. The van der Waals surface area contributed by atoms with Crippen LogP contribution in [0.1, 0.15) is 29.2 Å². The van der Waals surface area contributed by atoms with E-state index in [1.165, 1.54) is 6.92 Å². The number of carbonyl (C=O) groups excluding carboxylic acids is 8. The first kappa shape index (κ1) is 106. The third-order valence-corrected chi connectivity index (χ3v) is 0.556. The molecule has 0 heterocycles. The van der Waals surface area contributed by atoms with Gasteiger partial charge in [0.25, 0.3) is 0 Å². The quantitative estimate of drug-likeness (QED) is 0.204. The fraction of sp³-hybridized carbons (Fsp3) is 0.500. The number of aliphatic hydroxyl groups excluding tert-OH is 1. The first-order valence-corrected chi connectivity index (χ1v) is 6.31. The van der Waals surface area contributed by atoms with Gasteiger partial charge in [-0.1, -0.05) is 22.3 Å². The number of nitrogens with one attached hydrogen (secondary N) is 4. The first-order chi connectivity index (χ1) is 15.2. The van der Waals surface area contributed by atoms with Crippen LogP contribution in [0.25, 0.3) is 44.6 Å². The molecule has 0 aromatic carbocycles. The average molecular weight is 884 g/mol. The Labute approximate surface area is 334 Å². The summed E-state index contributed by atoms with van der Waals surface area (Å²) in [6.45, 7) is 1.19. The molecule has 228 valence electrons. The number of nitrogens with zero attached hydrogens (tertiary/aromatic N) is 4. The minimum absolute atomic E-state index is 0. The zero-order valence-corrected chi connectivity index (χ0v) is 31.4. The molecule has 0 aliphatic heterocycles. The number of hydrogen-bond donors (Lipinski definition) is 1. The van der Waals surface area contributed by atoms with Gasteiger partial charge in [-0.05, 0) is 31.2 Å². The summed E-state index contributed by atoms with van der Waals surface area (Å²) in [5, 5.41) is 34.1. The fourth-order valence-electron chi connectivity index (χ4n) is 0. The zero-order valence-electron chi connectivity index (χ0n) is 20.0. The van der Waals surface area contributed by atoms with Crippen LogP contribution in [-0.2, 0) is 169 Å². The van der Waals surface area contributed by atoms with Crippen LogP contribution in [0, 0.1) is 0 Å². The summed E-state index contributed by atoms with van der Waals surface area (Å²) in [4.78, 5) is 69.8. The number of ether oxygens (including phenoxy) is 3. The molecule has 20 nitrogen and oxygen atoms in total. The van der Waals surface area contributed by atoms with Crippen LogP contribution in [0.2, 0.25) is 0 Å². The SMILES string of the molecule is C.C.C.CC([NH-])=O.CO.COC([NH-])=O.COC([NH-])=O.COC([NH-])=O.[N-]=C=O.[N-]=C=O.[N-]=C=O.[N-]=C=O.[Y].[Y].[Y].[Y]. The number of rotatable bonds is 0. The molecule has 0 saturated heterocycles. The van der Waals surface area contributed by atoms with Crippen molar-refractivity contribution >= 4 is 48.5 Å².